The molecule has 1 rings (SSSR count). The van der Waals surface area contributed by atoms with Crippen LogP contribution in [0.25, 0.3) is 0 Å². The molecule has 1 aliphatic rings. The molecule has 0 radical (unpaired) electrons. The van der Waals surface area contributed by atoms with Crippen LogP contribution in [0.2, 0.25) is 0 Å². The van der Waals surface area contributed by atoms with E-state index in [0.717, 1.165) is 19.4 Å². The van der Waals surface area contributed by atoms with Gasteiger partial charge in [-0.2, -0.15) is 0 Å². The minimum atomic E-state index is -1.00. The molecule has 4 atom stereocenters. The summed E-state index contributed by atoms with van der Waals surface area (Å²) in [5.74, 6) is -0.756. The lowest BCUT2D eigenvalue weighted by atomic mass is 9.84. The zero-order chi connectivity index (χ0) is 23.4. The van der Waals surface area contributed by atoms with Crippen LogP contribution in [0.1, 0.15) is 61.3 Å². The molecule has 0 bridgehead atoms. The standard InChI is InChI=1S/C23H41N3O4/c1-14(2)18(12-16(4)22(29)30)26(9)21(28)19(23(5,6)7)24-20(27)17-11-10-15(3)13-25(17)8/h12,14-15,17-19H,10-11,13H2,1-9H3,(H,24,27)(H,29,30)/b16-12+/t15-,17?,18-,19-/m1/s1. The maximum absolute atomic E-state index is 13.5. The number of amides is 2. The van der Waals surface area contributed by atoms with Crippen LogP contribution >= 0.6 is 0 Å². The number of aliphatic carboxylic acids is 1. The Morgan fingerprint density at radius 3 is 2.20 bits per heavy atom. The van der Waals surface area contributed by atoms with E-state index in [4.69, 9.17) is 0 Å². The molecule has 1 saturated heterocycles. The molecule has 30 heavy (non-hydrogen) atoms. The zero-order valence-electron chi connectivity index (χ0n) is 20.2. The van der Waals surface area contributed by atoms with Crippen LogP contribution in [0, 0.1) is 17.3 Å². The molecule has 7 nitrogen and oxygen atoms in total. The number of carboxylic acids is 1. The summed E-state index contributed by atoms with van der Waals surface area (Å²) in [5, 5.41) is 12.3. The van der Waals surface area contributed by atoms with E-state index in [0.29, 0.717) is 5.92 Å². The van der Waals surface area contributed by atoms with Crippen LogP contribution in [-0.2, 0) is 14.4 Å². The van der Waals surface area contributed by atoms with Gasteiger partial charge in [-0.15, -0.1) is 0 Å². The predicted molar refractivity (Wildman–Crippen MR) is 119 cm³/mol. The molecule has 172 valence electrons. The fourth-order valence-corrected chi connectivity index (χ4v) is 4.02. The lowest BCUT2D eigenvalue weighted by Gasteiger charge is -2.40. The van der Waals surface area contributed by atoms with E-state index in [1.165, 1.54) is 6.92 Å². The Morgan fingerprint density at radius 1 is 1.20 bits per heavy atom. The van der Waals surface area contributed by atoms with Gasteiger partial charge in [0.25, 0.3) is 0 Å². The van der Waals surface area contributed by atoms with Crippen molar-refractivity contribution in [3.63, 3.8) is 0 Å². The minimum Gasteiger partial charge on any atom is -0.478 e. The number of likely N-dealkylation sites (tertiary alicyclic amines) is 1. The first-order valence-corrected chi connectivity index (χ1v) is 10.9. The second-order valence-corrected chi connectivity index (χ2v) is 10.3. The van der Waals surface area contributed by atoms with Gasteiger partial charge < -0.3 is 15.3 Å². The predicted octanol–water partition coefficient (Wildman–Crippen LogP) is 2.76. The smallest absolute Gasteiger partial charge is 0.331 e. The van der Waals surface area contributed by atoms with E-state index >= 15 is 0 Å². The van der Waals surface area contributed by atoms with E-state index in [-0.39, 0.29) is 35.4 Å². The van der Waals surface area contributed by atoms with Crippen molar-refractivity contribution in [2.75, 3.05) is 20.6 Å². The van der Waals surface area contributed by atoms with E-state index in [9.17, 15) is 19.5 Å². The summed E-state index contributed by atoms with van der Waals surface area (Å²) in [6.07, 6.45) is 3.38. The highest BCUT2D eigenvalue weighted by Gasteiger charge is 2.39. The molecule has 0 saturated carbocycles. The molecule has 0 aromatic heterocycles. The normalized spacial score (nSPS) is 23.1. The van der Waals surface area contributed by atoms with E-state index < -0.39 is 17.4 Å². The molecule has 0 spiro atoms. The van der Waals surface area contributed by atoms with Crippen LogP contribution < -0.4 is 5.32 Å². The number of carboxylic acid groups (broad SMARTS) is 1. The van der Waals surface area contributed by atoms with E-state index in [1.54, 1.807) is 18.0 Å². The summed E-state index contributed by atoms with van der Waals surface area (Å²) in [7, 11) is 3.63. The Kier molecular flexibility index (Phi) is 9.08. The molecule has 7 heteroatoms. The van der Waals surface area contributed by atoms with Gasteiger partial charge in [-0.3, -0.25) is 14.5 Å². The molecule has 1 fully saturated rings. The molecule has 0 aromatic rings. The SMILES string of the molecule is C/C(=C\[C@H](C(C)C)N(C)C(=O)[C@@H](NC(=O)C1CC[C@@H](C)CN1C)C(C)(C)C)C(=O)O. The van der Waals surface area contributed by atoms with Crippen molar-refractivity contribution >= 4 is 17.8 Å². The van der Waals surface area contributed by atoms with Crippen molar-refractivity contribution in [1.82, 2.24) is 15.1 Å². The van der Waals surface area contributed by atoms with Gasteiger partial charge in [0.2, 0.25) is 11.8 Å². The molecule has 1 aliphatic heterocycles. The highest BCUT2D eigenvalue weighted by molar-refractivity contribution is 5.91. The van der Waals surface area contributed by atoms with Crippen molar-refractivity contribution < 1.29 is 19.5 Å². The number of hydrogen-bond donors (Lipinski definition) is 2. The van der Waals surface area contributed by atoms with E-state index in [1.807, 2.05) is 41.7 Å². The van der Waals surface area contributed by atoms with Crippen molar-refractivity contribution in [2.24, 2.45) is 17.3 Å². The molecular formula is C23H41N3O4. The number of carbonyl (C=O) groups is 3. The van der Waals surface area contributed by atoms with Gasteiger partial charge >= 0.3 is 5.97 Å². The Hall–Kier alpha value is -1.89. The third kappa shape index (κ3) is 6.83. The molecular weight excluding hydrogens is 382 g/mol. The summed E-state index contributed by atoms with van der Waals surface area (Å²) in [6, 6.07) is -1.32. The molecule has 0 aromatic carbocycles. The average molecular weight is 424 g/mol. The highest BCUT2D eigenvalue weighted by atomic mass is 16.4. The first-order valence-electron chi connectivity index (χ1n) is 10.9. The van der Waals surface area contributed by atoms with Crippen LogP contribution in [0.4, 0.5) is 0 Å². The Bertz CT molecular complexity index is 666. The zero-order valence-corrected chi connectivity index (χ0v) is 20.2. The van der Waals surface area contributed by atoms with Crippen LogP contribution in [-0.4, -0.2) is 71.5 Å². The number of piperidine rings is 1. The third-order valence-corrected chi connectivity index (χ3v) is 6.00. The largest absolute Gasteiger partial charge is 0.478 e. The first kappa shape index (κ1) is 26.1. The van der Waals surface area contributed by atoms with Gasteiger partial charge in [0.15, 0.2) is 0 Å². The van der Waals surface area contributed by atoms with Gasteiger partial charge in [0.1, 0.15) is 6.04 Å². The Labute approximate surface area is 181 Å². The Balaban J connectivity index is 3.09. The quantitative estimate of drug-likeness (QED) is 0.615. The number of hydrogen-bond acceptors (Lipinski definition) is 4. The van der Waals surface area contributed by atoms with Crippen LogP contribution in [0.3, 0.4) is 0 Å². The second kappa shape index (κ2) is 10.4. The summed E-state index contributed by atoms with van der Waals surface area (Å²) in [5.41, 5.74) is -0.295. The summed E-state index contributed by atoms with van der Waals surface area (Å²) in [4.78, 5) is 41.4. The fourth-order valence-electron chi connectivity index (χ4n) is 4.02. The lowest BCUT2D eigenvalue weighted by Crippen LogP contribution is -2.60. The van der Waals surface area contributed by atoms with Gasteiger partial charge in [-0.25, -0.2) is 4.79 Å². The van der Waals surface area contributed by atoms with Crippen molar-refractivity contribution in [3.05, 3.63) is 11.6 Å². The van der Waals surface area contributed by atoms with Gasteiger partial charge in [0, 0.05) is 19.2 Å². The number of rotatable bonds is 7. The maximum Gasteiger partial charge on any atom is 0.331 e. The van der Waals surface area contributed by atoms with Gasteiger partial charge in [-0.1, -0.05) is 47.6 Å². The van der Waals surface area contributed by atoms with Crippen LogP contribution in [0.5, 0.6) is 0 Å². The van der Waals surface area contributed by atoms with Crippen LogP contribution in [0.15, 0.2) is 11.6 Å². The lowest BCUT2D eigenvalue weighted by molar-refractivity contribution is -0.141. The molecule has 2 N–H and O–H groups in total. The van der Waals surface area contributed by atoms with E-state index in [2.05, 4.69) is 17.1 Å². The summed E-state index contributed by atoms with van der Waals surface area (Å²) in [6.45, 7) is 14.3. The summed E-state index contributed by atoms with van der Waals surface area (Å²) >= 11 is 0. The van der Waals surface area contributed by atoms with Gasteiger partial charge in [-0.05, 0) is 44.1 Å². The summed E-state index contributed by atoms with van der Waals surface area (Å²) < 4.78 is 0. The fraction of sp³-hybridized carbons (Fsp3) is 0.783. The third-order valence-electron chi connectivity index (χ3n) is 6.00. The van der Waals surface area contributed by atoms with Crippen molar-refractivity contribution in [1.29, 1.82) is 0 Å². The van der Waals surface area contributed by atoms with Crippen molar-refractivity contribution in [2.45, 2.75) is 79.4 Å². The molecule has 1 heterocycles. The Morgan fingerprint density at radius 2 is 1.77 bits per heavy atom. The second-order valence-electron chi connectivity index (χ2n) is 10.3. The number of likely N-dealkylation sites (N-methyl/N-ethyl adjacent to an activating group) is 2. The van der Waals surface area contributed by atoms with Gasteiger partial charge in [0.05, 0.1) is 12.1 Å². The number of nitrogens with zero attached hydrogens (tertiary/aromatic N) is 2. The number of nitrogens with one attached hydrogen (secondary N) is 1. The average Bonchev–Trinajstić information content (AvgIpc) is 2.61. The monoisotopic (exact) mass is 423 g/mol. The molecule has 1 unspecified atom stereocenters. The topological polar surface area (TPSA) is 90.0 Å². The first-order chi connectivity index (χ1) is 13.7. The van der Waals surface area contributed by atoms with Crippen molar-refractivity contribution in [3.8, 4) is 0 Å². The maximum atomic E-state index is 13.5. The molecule has 2 amide bonds. The minimum absolute atomic E-state index is 0.0236. The molecule has 0 aliphatic carbocycles. The highest BCUT2D eigenvalue weighted by Crippen LogP contribution is 2.25. The number of carbonyl (C=O) groups excluding carboxylic acids is 2.